The second-order valence-electron chi connectivity index (χ2n) is 4.36. The molecule has 2 amide bonds. The topological polar surface area (TPSA) is 93.4 Å². The summed E-state index contributed by atoms with van der Waals surface area (Å²) in [5, 5.41) is 2.53. The minimum atomic E-state index is -0.604. The third kappa shape index (κ3) is 3.78. The van der Waals surface area contributed by atoms with Crippen LogP contribution in [0.4, 0.5) is 20.7 Å². The summed E-state index contributed by atoms with van der Waals surface area (Å²) >= 11 is 0. The molecule has 0 aliphatic rings. The monoisotopic (exact) mass is 291 g/mol. The zero-order chi connectivity index (χ0) is 15.4. The van der Waals surface area contributed by atoms with Crippen LogP contribution in [-0.2, 0) is 0 Å². The van der Waals surface area contributed by atoms with E-state index in [1.54, 1.807) is 14.1 Å². The van der Waals surface area contributed by atoms with E-state index in [-0.39, 0.29) is 23.5 Å². The second kappa shape index (κ2) is 6.04. The van der Waals surface area contributed by atoms with Crippen molar-refractivity contribution in [3.63, 3.8) is 0 Å². The first-order valence-electron chi connectivity index (χ1n) is 5.99. The maximum absolute atomic E-state index is 13.6. The number of nitrogens with zero attached hydrogens (tertiary/aromatic N) is 3. The molecule has 3 N–H and O–H groups in total. The van der Waals surface area contributed by atoms with Crippen molar-refractivity contribution in [3.8, 4) is 11.6 Å². The molecule has 0 unspecified atom stereocenters. The van der Waals surface area contributed by atoms with Gasteiger partial charge in [-0.3, -0.25) is 5.32 Å². The minimum Gasteiger partial charge on any atom is -0.436 e. The van der Waals surface area contributed by atoms with Crippen molar-refractivity contribution in [1.29, 1.82) is 0 Å². The number of ether oxygens (including phenoxy) is 1. The Balaban J connectivity index is 2.16. The molecule has 0 radical (unpaired) electrons. The van der Waals surface area contributed by atoms with Crippen LogP contribution in [0.1, 0.15) is 0 Å². The first-order valence-corrected chi connectivity index (χ1v) is 5.99. The first kappa shape index (κ1) is 14.5. The van der Waals surface area contributed by atoms with E-state index < -0.39 is 5.82 Å². The van der Waals surface area contributed by atoms with Crippen LogP contribution in [-0.4, -0.2) is 35.0 Å². The van der Waals surface area contributed by atoms with Crippen LogP contribution in [0.5, 0.6) is 11.6 Å². The van der Waals surface area contributed by atoms with E-state index in [0.29, 0.717) is 5.69 Å². The number of carbonyl (C=O) groups is 1. The van der Waals surface area contributed by atoms with Crippen molar-refractivity contribution in [3.05, 3.63) is 36.4 Å². The number of urea groups is 1. The molecule has 0 saturated carbocycles. The molecule has 0 atom stereocenters. The highest BCUT2D eigenvalue weighted by molar-refractivity contribution is 5.87. The van der Waals surface area contributed by atoms with E-state index >= 15 is 0 Å². The normalized spacial score (nSPS) is 10.0. The van der Waals surface area contributed by atoms with Crippen molar-refractivity contribution < 1.29 is 13.9 Å². The molecular formula is C13H14FN5O2. The average Bonchev–Trinajstić information content (AvgIpc) is 2.42. The zero-order valence-electron chi connectivity index (χ0n) is 11.5. The van der Waals surface area contributed by atoms with E-state index in [1.165, 1.54) is 29.4 Å². The molecule has 0 bridgehead atoms. The summed E-state index contributed by atoms with van der Waals surface area (Å²) in [6.07, 6.45) is 1.20. The van der Waals surface area contributed by atoms with Crippen LogP contribution in [0.2, 0.25) is 0 Å². The van der Waals surface area contributed by atoms with Gasteiger partial charge in [0.1, 0.15) is 12.1 Å². The molecule has 8 heteroatoms. The van der Waals surface area contributed by atoms with Gasteiger partial charge in [0.15, 0.2) is 11.6 Å². The Morgan fingerprint density at radius 3 is 2.76 bits per heavy atom. The smallest absolute Gasteiger partial charge is 0.322 e. The second-order valence-corrected chi connectivity index (χ2v) is 4.36. The number of aromatic nitrogens is 2. The van der Waals surface area contributed by atoms with Crippen molar-refractivity contribution in [2.45, 2.75) is 0 Å². The number of hydrogen-bond acceptors (Lipinski definition) is 5. The largest absolute Gasteiger partial charge is 0.436 e. The number of amides is 2. The van der Waals surface area contributed by atoms with Crippen molar-refractivity contribution >= 4 is 17.5 Å². The maximum Gasteiger partial charge on any atom is 0.322 e. The molecular weight excluding hydrogens is 277 g/mol. The number of nitrogens with one attached hydrogen (secondary N) is 1. The van der Waals surface area contributed by atoms with Gasteiger partial charge in [-0.05, 0) is 12.1 Å². The lowest BCUT2D eigenvalue weighted by Crippen LogP contribution is -2.27. The molecule has 0 fully saturated rings. The fraction of sp³-hybridized carbons (Fsp3) is 0.154. The molecule has 21 heavy (non-hydrogen) atoms. The van der Waals surface area contributed by atoms with Gasteiger partial charge < -0.3 is 15.4 Å². The summed E-state index contributed by atoms with van der Waals surface area (Å²) in [7, 11) is 3.19. The molecule has 1 aromatic heterocycles. The lowest BCUT2D eigenvalue weighted by Gasteiger charge is -2.12. The van der Waals surface area contributed by atoms with Crippen LogP contribution in [0.3, 0.4) is 0 Å². The van der Waals surface area contributed by atoms with E-state index in [2.05, 4.69) is 15.3 Å². The Morgan fingerprint density at radius 2 is 2.10 bits per heavy atom. The molecule has 2 rings (SSSR count). The average molecular weight is 291 g/mol. The van der Waals surface area contributed by atoms with E-state index in [9.17, 15) is 9.18 Å². The summed E-state index contributed by atoms with van der Waals surface area (Å²) in [4.78, 5) is 20.6. The molecule has 7 nitrogen and oxygen atoms in total. The highest BCUT2D eigenvalue weighted by Gasteiger charge is 2.09. The third-order valence-corrected chi connectivity index (χ3v) is 2.45. The Hall–Kier alpha value is -2.90. The SMILES string of the molecule is CN(C)C(=O)Nc1cc(Oc2ccc(N)cc2F)ncn1. The Labute approximate surface area is 120 Å². The molecule has 1 heterocycles. The number of benzene rings is 1. The summed E-state index contributed by atoms with van der Waals surface area (Å²) in [5.41, 5.74) is 5.75. The molecule has 2 aromatic rings. The molecule has 0 saturated heterocycles. The number of halogens is 1. The Kier molecular flexibility index (Phi) is 4.17. The van der Waals surface area contributed by atoms with Gasteiger partial charge in [-0.15, -0.1) is 0 Å². The quantitative estimate of drug-likeness (QED) is 0.844. The lowest BCUT2D eigenvalue weighted by molar-refractivity contribution is 0.230. The zero-order valence-corrected chi connectivity index (χ0v) is 11.5. The number of nitrogen functional groups attached to an aromatic ring is 1. The van der Waals surface area contributed by atoms with Gasteiger partial charge in [-0.1, -0.05) is 0 Å². The summed E-state index contributed by atoms with van der Waals surface area (Å²) in [5.74, 6) is -0.280. The van der Waals surface area contributed by atoms with Crippen molar-refractivity contribution in [2.24, 2.45) is 0 Å². The lowest BCUT2D eigenvalue weighted by atomic mass is 10.3. The van der Waals surface area contributed by atoms with Crippen LogP contribution >= 0.6 is 0 Å². The molecule has 110 valence electrons. The molecule has 1 aromatic carbocycles. The number of carbonyl (C=O) groups excluding carboxylic acids is 1. The predicted molar refractivity (Wildman–Crippen MR) is 75.6 cm³/mol. The number of hydrogen-bond donors (Lipinski definition) is 2. The number of rotatable bonds is 3. The van der Waals surface area contributed by atoms with Gasteiger partial charge in [0, 0.05) is 31.9 Å². The molecule has 0 spiro atoms. The highest BCUT2D eigenvalue weighted by atomic mass is 19.1. The minimum absolute atomic E-state index is 0.0206. The van der Waals surface area contributed by atoms with E-state index in [1.807, 2.05) is 0 Å². The fourth-order valence-corrected chi connectivity index (χ4v) is 1.40. The van der Waals surface area contributed by atoms with Gasteiger partial charge in [0.05, 0.1) is 0 Å². The Bertz CT molecular complexity index is 663. The third-order valence-electron chi connectivity index (χ3n) is 2.45. The van der Waals surface area contributed by atoms with Crippen LogP contribution < -0.4 is 15.8 Å². The van der Waals surface area contributed by atoms with Crippen LogP contribution in [0.15, 0.2) is 30.6 Å². The molecule has 0 aliphatic carbocycles. The van der Waals surface area contributed by atoms with Crippen LogP contribution in [0, 0.1) is 5.82 Å². The van der Waals surface area contributed by atoms with Crippen molar-refractivity contribution in [2.75, 3.05) is 25.1 Å². The highest BCUT2D eigenvalue weighted by Crippen LogP contribution is 2.25. The van der Waals surface area contributed by atoms with Gasteiger partial charge >= 0.3 is 6.03 Å². The fourth-order valence-electron chi connectivity index (χ4n) is 1.40. The molecule has 0 aliphatic heterocycles. The predicted octanol–water partition coefficient (Wildman–Crippen LogP) is 2.08. The number of nitrogens with two attached hydrogens (primary N) is 1. The van der Waals surface area contributed by atoms with Gasteiger partial charge in [-0.25, -0.2) is 19.2 Å². The summed E-state index contributed by atoms with van der Waals surface area (Å²) < 4.78 is 18.9. The van der Waals surface area contributed by atoms with Crippen LogP contribution in [0.25, 0.3) is 0 Å². The van der Waals surface area contributed by atoms with Gasteiger partial charge in [0.2, 0.25) is 5.88 Å². The standard InChI is InChI=1S/C13H14FN5O2/c1-19(2)13(20)18-11-6-12(17-7-16-11)21-10-4-3-8(15)5-9(10)14/h3-7H,15H2,1-2H3,(H,16,17,18,20). The van der Waals surface area contributed by atoms with E-state index in [0.717, 1.165) is 6.07 Å². The Morgan fingerprint density at radius 1 is 1.33 bits per heavy atom. The van der Waals surface area contributed by atoms with Crippen molar-refractivity contribution in [1.82, 2.24) is 14.9 Å². The summed E-state index contributed by atoms with van der Waals surface area (Å²) in [6.45, 7) is 0. The first-order chi connectivity index (χ1) is 9.95. The number of anilines is 2. The van der Waals surface area contributed by atoms with Gasteiger partial charge in [0.25, 0.3) is 0 Å². The maximum atomic E-state index is 13.6. The van der Waals surface area contributed by atoms with Gasteiger partial charge in [-0.2, -0.15) is 0 Å². The summed E-state index contributed by atoms with van der Waals surface area (Å²) in [6, 6.07) is 5.08. The van der Waals surface area contributed by atoms with E-state index in [4.69, 9.17) is 10.5 Å².